The minimum Gasteiger partial charge on any atom is -0.493 e. The molecule has 0 aliphatic heterocycles. The predicted octanol–water partition coefficient (Wildman–Crippen LogP) is 5.37. The first-order chi connectivity index (χ1) is 17.0. The number of hydrogen-bond donors (Lipinski definition) is 1. The van der Waals surface area contributed by atoms with Crippen molar-refractivity contribution in [3.05, 3.63) is 95.7 Å². The molecule has 1 N–H and O–H groups in total. The van der Waals surface area contributed by atoms with E-state index in [0.717, 1.165) is 10.9 Å². The molecule has 0 fully saturated rings. The van der Waals surface area contributed by atoms with Crippen molar-refractivity contribution in [3.8, 4) is 17.2 Å². The minimum atomic E-state index is -1.10. The zero-order chi connectivity index (χ0) is 24.8. The van der Waals surface area contributed by atoms with Gasteiger partial charge in [-0.25, -0.2) is 4.79 Å². The number of aromatic amines is 1. The first-order valence-corrected chi connectivity index (χ1v) is 10.9. The molecular weight excluding hydrogens is 446 g/mol. The highest BCUT2D eigenvalue weighted by Gasteiger charge is 2.27. The summed E-state index contributed by atoms with van der Waals surface area (Å²) in [5.41, 5.74) is 2.50. The van der Waals surface area contributed by atoms with Crippen molar-refractivity contribution < 1.29 is 28.5 Å². The lowest BCUT2D eigenvalue weighted by Crippen LogP contribution is -2.19. The Bertz CT molecular complexity index is 1350. The summed E-state index contributed by atoms with van der Waals surface area (Å²) >= 11 is 0. The van der Waals surface area contributed by atoms with E-state index in [1.807, 2.05) is 30.3 Å². The summed E-state index contributed by atoms with van der Waals surface area (Å²) < 4.78 is 21.7. The fourth-order valence-corrected chi connectivity index (χ4v) is 3.83. The molecule has 1 aromatic heterocycles. The number of Topliss-reactive ketones (excluding diaryl/α,β-unsaturated/α-hetero) is 1. The van der Waals surface area contributed by atoms with Gasteiger partial charge in [0.1, 0.15) is 0 Å². The highest BCUT2D eigenvalue weighted by molar-refractivity contribution is 6.10. The van der Waals surface area contributed by atoms with E-state index in [2.05, 4.69) is 4.98 Å². The lowest BCUT2D eigenvalue weighted by Gasteiger charge is -2.16. The Labute approximate surface area is 202 Å². The van der Waals surface area contributed by atoms with Crippen molar-refractivity contribution in [1.29, 1.82) is 0 Å². The van der Waals surface area contributed by atoms with Crippen LogP contribution in [0.2, 0.25) is 0 Å². The number of H-pyrrole nitrogens is 1. The molecule has 178 valence electrons. The first-order valence-electron chi connectivity index (χ1n) is 10.9. The fourth-order valence-electron chi connectivity index (χ4n) is 3.83. The quantitative estimate of drug-likeness (QED) is 0.201. The van der Waals surface area contributed by atoms with Gasteiger partial charge in [0.2, 0.25) is 11.5 Å². The van der Waals surface area contributed by atoms with Crippen LogP contribution in [0.3, 0.4) is 0 Å². The number of benzene rings is 3. The molecule has 4 rings (SSSR count). The Balaban J connectivity index is 1.61. The molecule has 0 saturated heterocycles. The van der Waals surface area contributed by atoms with Crippen molar-refractivity contribution in [1.82, 2.24) is 4.98 Å². The number of carbonyl (C=O) groups is 2. The molecular formula is C28H25NO6. The zero-order valence-electron chi connectivity index (χ0n) is 19.6. The summed E-state index contributed by atoms with van der Waals surface area (Å²) in [5, 5.41) is 0.766. The van der Waals surface area contributed by atoms with E-state index >= 15 is 0 Å². The van der Waals surface area contributed by atoms with Crippen molar-refractivity contribution in [2.24, 2.45) is 0 Å². The number of rotatable bonds is 9. The number of para-hydroxylation sites is 1. The number of esters is 1. The average Bonchev–Trinajstić information content (AvgIpc) is 3.34. The van der Waals surface area contributed by atoms with Gasteiger partial charge >= 0.3 is 5.97 Å². The molecule has 7 heteroatoms. The lowest BCUT2D eigenvalue weighted by atomic mass is 9.99. The maximum absolute atomic E-state index is 13.5. The van der Waals surface area contributed by atoms with Crippen molar-refractivity contribution in [3.63, 3.8) is 0 Å². The number of nitrogens with one attached hydrogen (secondary N) is 1. The van der Waals surface area contributed by atoms with Crippen LogP contribution in [0.25, 0.3) is 17.0 Å². The highest BCUT2D eigenvalue weighted by Crippen LogP contribution is 2.38. The molecule has 35 heavy (non-hydrogen) atoms. The SMILES string of the molecule is COc1cc(/C=C/C(=O)OC(C(=O)c2c[nH]c3ccccc23)c2ccccc2)cc(OC)c1OC. The van der Waals surface area contributed by atoms with Crippen LogP contribution in [0, 0.1) is 0 Å². The van der Waals surface area contributed by atoms with Gasteiger partial charge < -0.3 is 23.9 Å². The van der Waals surface area contributed by atoms with Crippen LogP contribution in [-0.2, 0) is 9.53 Å². The van der Waals surface area contributed by atoms with Crippen LogP contribution < -0.4 is 14.2 Å². The Morgan fingerprint density at radius 3 is 2.17 bits per heavy atom. The summed E-state index contributed by atoms with van der Waals surface area (Å²) in [6.07, 6.45) is 3.36. The van der Waals surface area contributed by atoms with Crippen molar-refractivity contribution >= 4 is 28.7 Å². The van der Waals surface area contributed by atoms with E-state index in [9.17, 15) is 9.59 Å². The molecule has 1 unspecified atom stereocenters. The Morgan fingerprint density at radius 1 is 0.857 bits per heavy atom. The number of fused-ring (bicyclic) bond motifs is 1. The van der Waals surface area contributed by atoms with E-state index < -0.39 is 12.1 Å². The molecule has 0 spiro atoms. The maximum Gasteiger partial charge on any atom is 0.331 e. The smallest absolute Gasteiger partial charge is 0.331 e. The Morgan fingerprint density at radius 2 is 1.51 bits per heavy atom. The molecule has 3 aromatic carbocycles. The highest BCUT2D eigenvalue weighted by atomic mass is 16.5. The third kappa shape index (κ3) is 5.04. The lowest BCUT2D eigenvalue weighted by molar-refractivity contribution is -0.141. The number of carbonyl (C=O) groups excluding carboxylic acids is 2. The van der Waals surface area contributed by atoms with Gasteiger partial charge in [-0.2, -0.15) is 0 Å². The minimum absolute atomic E-state index is 0.316. The van der Waals surface area contributed by atoms with Crippen molar-refractivity contribution in [2.45, 2.75) is 6.10 Å². The molecule has 7 nitrogen and oxygen atoms in total. The van der Waals surface area contributed by atoms with Crippen LogP contribution in [0.5, 0.6) is 17.2 Å². The molecule has 1 atom stereocenters. The van der Waals surface area contributed by atoms with Gasteiger partial charge in [-0.15, -0.1) is 0 Å². The summed E-state index contributed by atoms with van der Waals surface area (Å²) in [7, 11) is 4.54. The monoisotopic (exact) mass is 471 g/mol. The Kier molecular flexibility index (Phi) is 7.16. The molecule has 0 amide bonds. The number of aromatic nitrogens is 1. The third-order valence-corrected chi connectivity index (χ3v) is 5.53. The number of ketones is 1. The molecule has 0 bridgehead atoms. The summed E-state index contributed by atoms with van der Waals surface area (Å²) in [5.74, 6) is 0.375. The number of ether oxygens (including phenoxy) is 4. The summed E-state index contributed by atoms with van der Waals surface area (Å²) in [6.45, 7) is 0. The summed E-state index contributed by atoms with van der Waals surface area (Å²) in [6, 6.07) is 19.8. The topological polar surface area (TPSA) is 86.9 Å². The molecule has 0 saturated carbocycles. The van der Waals surface area contributed by atoms with Gasteiger partial charge in [0, 0.05) is 34.3 Å². The van der Waals surface area contributed by atoms with Gasteiger partial charge in [0.05, 0.1) is 21.3 Å². The molecule has 0 aliphatic rings. The fraction of sp³-hybridized carbons (Fsp3) is 0.143. The second-order valence-corrected chi connectivity index (χ2v) is 7.63. The van der Waals surface area contributed by atoms with Crippen LogP contribution in [0.15, 0.2) is 79.0 Å². The van der Waals surface area contributed by atoms with Crippen molar-refractivity contribution in [2.75, 3.05) is 21.3 Å². The summed E-state index contributed by atoms with van der Waals surface area (Å²) in [4.78, 5) is 29.4. The van der Waals surface area contributed by atoms with E-state index in [1.54, 1.807) is 48.7 Å². The third-order valence-electron chi connectivity index (χ3n) is 5.53. The second-order valence-electron chi connectivity index (χ2n) is 7.63. The Hall–Kier alpha value is -4.52. The average molecular weight is 472 g/mol. The van der Waals surface area contributed by atoms with E-state index in [1.165, 1.54) is 27.4 Å². The molecule has 4 aromatic rings. The van der Waals surface area contributed by atoms with Crippen LogP contribution in [-0.4, -0.2) is 38.1 Å². The molecule has 0 aliphatic carbocycles. The van der Waals surface area contributed by atoms with Gasteiger partial charge in [-0.05, 0) is 29.8 Å². The predicted molar refractivity (Wildman–Crippen MR) is 133 cm³/mol. The van der Waals surface area contributed by atoms with Crippen LogP contribution >= 0.6 is 0 Å². The standard InChI is InChI=1S/C28H25NO6/c1-32-23-15-18(16-24(33-2)28(23)34-3)13-14-25(30)35-27(19-9-5-4-6-10-19)26(31)21-17-29-22-12-8-7-11-20(21)22/h4-17,27,29H,1-3H3/b14-13+. The van der Waals surface area contributed by atoms with Crippen LogP contribution in [0.4, 0.5) is 0 Å². The zero-order valence-corrected chi connectivity index (χ0v) is 19.6. The van der Waals surface area contributed by atoms with Gasteiger partial charge in [0.25, 0.3) is 0 Å². The number of hydrogen-bond acceptors (Lipinski definition) is 6. The van der Waals surface area contributed by atoms with Gasteiger partial charge in [0.15, 0.2) is 17.6 Å². The van der Waals surface area contributed by atoms with E-state index in [0.29, 0.717) is 33.9 Å². The molecule has 1 heterocycles. The number of methoxy groups -OCH3 is 3. The first kappa shape index (κ1) is 23.6. The maximum atomic E-state index is 13.5. The van der Waals surface area contributed by atoms with Crippen LogP contribution in [0.1, 0.15) is 27.6 Å². The molecule has 0 radical (unpaired) electrons. The van der Waals surface area contributed by atoms with E-state index in [4.69, 9.17) is 18.9 Å². The van der Waals surface area contributed by atoms with E-state index in [-0.39, 0.29) is 5.78 Å². The largest absolute Gasteiger partial charge is 0.493 e. The van der Waals surface area contributed by atoms with Gasteiger partial charge in [-0.1, -0.05) is 48.5 Å². The normalized spacial score (nSPS) is 11.9. The van der Waals surface area contributed by atoms with Gasteiger partial charge in [-0.3, -0.25) is 4.79 Å². The second kappa shape index (κ2) is 10.6.